The van der Waals surface area contributed by atoms with Crippen LogP contribution in [0.4, 0.5) is 0 Å². The van der Waals surface area contributed by atoms with E-state index in [1.165, 1.54) is 0 Å². The summed E-state index contributed by atoms with van der Waals surface area (Å²) in [5.41, 5.74) is 5.11. The molecule has 1 amide bonds. The Balaban J connectivity index is 1.25. The molecule has 2 heterocycles. The Morgan fingerprint density at radius 1 is 0.889 bits per heavy atom. The summed E-state index contributed by atoms with van der Waals surface area (Å²) >= 11 is 0. The highest BCUT2D eigenvalue weighted by molar-refractivity contribution is 5.91. The summed E-state index contributed by atoms with van der Waals surface area (Å²) in [6.45, 7) is 0.279. The van der Waals surface area contributed by atoms with E-state index in [2.05, 4.69) is 37.6 Å². The van der Waals surface area contributed by atoms with Gasteiger partial charge in [0.05, 0.1) is 20.8 Å². The molecule has 3 N–H and O–H groups in total. The molecule has 0 radical (unpaired) electrons. The lowest BCUT2D eigenvalue weighted by atomic mass is 10.0. The number of aryl methyl sites for hydroxylation is 1. The number of rotatable bonds is 9. The van der Waals surface area contributed by atoms with Gasteiger partial charge in [-0.25, -0.2) is 4.98 Å². The standard InChI is InChI=1S/C28H27N5O3/c1-35-20-11-7-18(8-12-20)27-23(22-5-3-4-6-24(22)30-27)15-16-26(34)29-17-25-31-28(33-32-25)19-9-13-21(36-2)14-10-19/h3-14,30H,15-17H2,1-2H3,(H,29,34)(H,31,32,33). The van der Waals surface area contributed by atoms with Gasteiger partial charge < -0.3 is 19.8 Å². The van der Waals surface area contributed by atoms with Crippen molar-refractivity contribution in [2.45, 2.75) is 19.4 Å². The van der Waals surface area contributed by atoms with Crippen LogP contribution in [0.25, 0.3) is 33.5 Å². The molecule has 0 atom stereocenters. The van der Waals surface area contributed by atoms with Crippen molar-refractivity contribution in [2.75, 3.05) is 14.2 Å². The van der Waals surface area contributed by atoms with Crippen molar-refractivity contribution in [3.63, 3.8) is 0 Å². The lowest BCUT2D eigenvalue weighted by Crippen LogP contribution is -2.23. The van der Waals surface area contributed by atoms with Crippen molar-refractivity contribution in [1.29, 1.82) is 0 Å². The predicted octanol–water partition coefficient (Wildman–Crippen LogP) is 4.89. The summed E-state index contributed by atoms with van der Waals surface area (Å²) in [4.78, 5) is 20.7. The summed E-state index contributed by atoms with van der Waals surface area (Å²) in [5, 5.41) is 11.2. The molecule has 5 aromatic rings. The minimum Gasteiger partial charge on any atom is -0.497 e. The SMILES string of the molecule is COc1ccc(-c2n[nH]c(CNC(=O)CCc3c(-c4ccc(OC)cc4)[nH]c4ccccc34)n2)cc1. The van der Waals surface area contributed by atoms with Gasteiger partial charge in [-0.3, -0.25) is 9.89 Å². The number of nitrogens with zero attached hydrogens (tertiary/aromatic N) is 2. The summed E-state index contributed by atoms with van der Waals surface area (Å²) in [6, 6.07) is 23.6. The number of carbonyl (C=O) groups is 1. The smallest absolute Gasteiger partial charge is 0.220 e. The molecule has 0 aliphatic rings. The third-order valence-electron chi connectivity index (χ3n) is 6.13. The minimum atomic E-state index is -0.0524. The summed E-state index contributed by atoms with van der Waals surface area (Å²) in [6.07, 6.45) is 0.954. The van der Waals surface area contributed by atoms with Crippen molar-refractivity contribution in [3.05, 3.63) is 84.2 Å². The first-order valence-electron chi connectivity index (χ1n) is 11.7. The fourth-order valence-corrected chi connectivity index (χ4v) is 4.22. The van der Waals surface area contributed by atoms with Crippen LogP contribution in [0.5, 0.6) is 11.5 Å². The number of para-hydroxylation sites is 1. The zero-order valence-electron chi connectivity index (χ0n) is 20.2. The van der Waals surface area contributed by atoms with Crippen molar-refractivity contribution in [1.82, 2.24) is 25.5 Å². The molecule has 2 aromatic heterocycles. The van der Waals surface area contributed by atoms with Crippen molar-refractivity contribution >= 4 is 16.8 Å². The van der Waals surface area contributed by atoms with Crippen LogP contribution in [0.2, 0.25) is 0 Å². The molecule has 8 nitrogen and oxygen atoms in total. The molecule has 3 aromatic carbocycles. The van der Waals surface area contributed by atoms with Gasteiger partial charge in [0, 0.05) is 28.6 Å². The van der Waals surface area contributed by atoms with E-state index < -0.39 is 0 Å². The largest absolute Gasteiger partial charge is 0.497 e. The number of ether oxygens (including phenoxy) is 2. The number of aromatic amines is 2. The number of hydrogen-bond donors (Lipinski definition) is 3. The Hall–Kier alpha value is -4.59. The zero-order chi connectivity index (χ0) is 24.9. The van der Waals surface area contributed by atoms with Crippen LogP contribution in [0.3, 0.4) is 0 Å². The number of amides is 1. The molecule has 0 unspecified atom stereocenters. The van der Waals surface area contributed by atoms with E-state index in [4.69, 9.17) is 9.47 Å². The average Bonchev–Trinajstić information content (AvgIpc) is 3.56. The van der Waals surface area contributed by atoms with E-state index in [1.54, 1.807) is 14.2 Å². The van der Waals surface area contributed by atoms with Gasteiger partial charge in [-0.05, 0) is 72.1 Å². The van der Waals surface area contributed by atoms with Crippen LogP contribution in [0.1, 0.15) is 17.8 Å². The molecule has 0 spiro atoms. The highest BCUT2D eigenvalue weighted by atomic mass is 16.5. The highest BCUT2D eigenvalue weighted by Crippen LogP contribution is 2.32. The minimum absolute atomic E-state index is 0.0524. The van der Waals surface area contributed by atoms with Gasteiger partial charge >= 0.3 is 0 Å². The maximum atomic E-state index is 12.7. The van der Waals surface area contributed by atoms with E-state index in [1.807, 2.05) is 60.7 Å². The monoisotopic (exact) mass is 481 g/mol. The van der Waals surface area contributed by atoms with E-state index in [0.717, 1.165) is 44.8 Å². The first-order chi connectivity index (χ1) is 17.6. The van der Waals surface area contributed by atoms with Crippen LogP contribution in [0, 0.1) is 0 Å². The number of aromatic nitrogens is 4. The fraction of sp³-hybridized carbons (Fsp3) is 0.179. The van der Waals surface area contributed by atoms with Crippen LogP contribution >= 0.6 is 0 Å². The predicted molar refractivity (Wildman–Crippen MR) is 139 cm³/mol. The van der Waals surface area contributed by atoms with Gasteiger partial charge in [0.25, 0.3) is 0 Å². The molecule has 8 heteroatoms. The van der Waals surface area contributed by atoms with E-state index >= 15 is 0 Å². The van der Waals surface area contributed by atoms with Crippen molar-refractivity contribution in [3.8, 4) is 34.1 Å². The topological polar surface area (TPSA) is 105 Å². The zero-order valence-corrected chi connectivity index (χ0v) is 20.2. The lowest BCUT2D eigenvalue weighted by molar-refractivity contribution is -0.121. The lowest BCUT2D eigenvalue weighted by Gasteiger charge is -2.07. The second-order valence-electron chi connectivity index (χ2n) is 8.36. The van der Waals surface area contributed by atoms with E-state index in [9.17, 15) is 4.79 Å². The number of benzene rings is 3. The normalized spacial score (nSPS) is 10.9. The number of nitrogens with one attached hydrogen (secondary N) is 3. The van der Waals surface area contributed by atoms with Crippen LogP contribution < -0.4 is 14.8 Å². The van der Waals surface area contributed by atoms with Gasteiger partial charge in [0.2, 0.25) is 5.91 Å². The Kier molecular flexibility index (Phi) is 6.66. The Morgan fingerprint density at radius 2 is 1.56 bits per heavy atom. The quantitative estimate of drug-likeness (QED) is 0.278. The molecule has 0 aliphatic heterocycles. The maximum Gasteiger partial charge on any atom is 0.220 e. The van der Waals surface area contributed by atoms with Crippen molar-refractivity contribution < 1.29 is 14.3 Å². The third-order valence-corrected chi connectivity index (χ3v) is 6.13. The Morgan fingerprint density at radius 3 is 2.25 bits per heavy atom. The van der Waals surface area contributed by atoms with Gasteiger partial charge in [-0.2, -0.15) is 5.10 Å². The number of fused-ring (bicyclic) bond motifs is 1. The molecule has 0 saturated carbocycles. The van der Waals surface area contributed by atoms with Gasteiger partial charge in [0.15, 0.2) is 5.82 Å². The summed E-state index contributed by atoms with van der Waals surface area (Å²) in [5.74, 6) is 2.69. The number of methoxy groups -OCH3 is 2. The van der Waals surface area contributed by atoms with Gasteiger partial charge in [0.1, 0.15) is 17.3 Å². The van der Waals surface area contributed by atoms with Crippen molar-refractivity contribution in [2.24, 2.45) is 0 Å². The van der Waals surface area contributed by atoms with Gasteiger partial charge in [-0.1, -0.05) is 18.2 Å². The number of hydrogen-bond acceptors (Lipinski definition) is 5. The van der Waals surface area contributed by atoms with Crippen LogP contribution in [-0.4, -0.2) is 40.3 Å². The van der Waals surface area contributed by atoms with E-state index in [-0.39, 0.29) is 12.5 Å². The fourth-order valence-electron chi connectivity index (χ4n) is 4.22. The Labute approximate surface area is 208 Å². The molecule has 0 saturated heterocycles. The second-order valence-corrected chi connectivity index (χ2v) is 8.36. The molecular formula is C28H27N5O3. The number of carbonyl (C=O) groups excluding carboxylic acids is 1. The third kappa shape index (κ3) is 4.93. The van der Waals surface area contributed by atoms with E-state index in [0.29, 0.717) is 24.5 Å². The van der Waals surface area contributed by atoms with Gasteiger partial charge in [-0.15, -0.1) is 0 Å². The van der Waals surface area contributed by atoms with Crippen LogP contribution in [0.15, 0.2) is 72.8 Å². The maximum absolute atomic E-state index is 12.7. The molecule has 182 valence electrons. The molecule has 36 heavy (non-hydrogen) atoms. The highest BCUT2D eigenvalue weighted by Gasteiger charge is 2.15. The second kappa shape index (κ2) is 10.4. The van der Waals surface area contributed by atoms with Crippen LogP contribution in [-0.2, 0) is 17.8 Å². The molecule has 0 bridgehead atoms. The average molecular weight is 482 g/mol. The molecule has 5 rings (SSSR count). The molecule has 0 aliphatic carbocycles. The number of H-pyrrole nitrogens is 2. The molecule has 0 fully saturated rings. The molecular weight excluding hydrogens is 454 g/mol. The Bertz CT molecular complexity index is 1470. The first-order valence-corrected chi connectivity index (χ1v) is 11.7. The first kappa shape index (κ1) is 23.2. The summed E-state index contributed by atoms with van der Waals surface area (Å²) in [7, 11) is 3.28. The summed E-state index contributed by atoms with van der Waals surface area (Å²) < 4.78 is 10.5.